The number of Topliss-reactive ketones (excluding diaryl/α,β-unsaturated/α-hetero) is 1. The van der Waals surface area contributed by atoms with E-state index in [1.165, 1.54) is 13.1 Å². The van der Waals surface area contributed by atoms with Gasteiger partial charge in [0.05, 0.1) is 5.39 Å². The summed E-state index contributed by atoms with van der Waals surface area (Å²) >= 11 is 0. The van der Waals surface area contributed by atoms with Gasteiger partial charge in [-0.3, -0.25) is 4.79 Å². The summed E-state index contributed by atoms with van der Waals surface area (Å²) in [6, 6.07) is 2.05. The number of nitrogens with zero attached hydrogens (tertiary/aromatic N) is 4. The molecule has 1 saturated heterocycles. The molecule has 0 saturated carbocycles. The van der Waals surface area contributed by atoms with E-state index in [9.17, 15) is 4.79 Å². The number of hydrogen-bond donors (Lipinski definition) is 2. The normalized spacial score (nSPS) is 16.8. The average Bonchev–Trinajstić information content (AvgIpc) is 2.49. The Morgan fingerprint density at radius 3 is 2.77 bits per heavy atom. The maximum absolute atomic E-state index is 11.4. The van der Waals surface area contributed by atoms with Gasteiger partial charge in [-0.2, -0.15) is 9.97 Å². The lowest BCUT2D eigenvalue weighted by Crippen LogP contribution is -2.37. The van der Waals surface area contributed by atoms with Gasteiger partial charge in [0, 0.05) is 17.8 Å². The van der Waals surface area contributed by atoms with Crippen LogP contribution in [0.4, 0.5) is 11.8 Å². The van der Waals surface area contributed by atoms with Crippen LogP contribution >= 0.6 is 0 Å². The van der Waals surface area contributed by atoms with E-state index in [-0.39, 0.29) is 5.78 Å². The highest BCUT2D eigenvalue weighted by Gasteiger charge is 2.18. The number of hydrogen-bond acceptors (Lipinski definition) is 7. The number of fused-ring (bicyclic) bond motifs is 1. The predicted molar refractivity (Wildman–Crippen MR) is 85.9 cm³/mol. The van der Waals surface area contributed by atoms with Crippen molar-refractivity contribution in [2.24, 2.45) is 0 Å². The number of nitrogen functional groups attached to an aromatic ring is 1. The van der Waals surface area contributed by atoms with Gasteiger partial charge in [0.1, 0.15) is 5.82 Å². The molecular formula is C15H20N6O. The van der Waals surface area contributed by atoms with E-state index >= 15 is 0 Å². The van der Waals surface area contributed by atoms with Crippen molar-refractivity contribution in [1.29, 1.82) is 0 Å². The molecule has 0 spiro atoms. The van der Waals surface area contributed by atoms with Crippen LogP contribution in [0.25, 0.3) is 11.0 Å². The van der Waals surface area contributed by atoms with Crippen molar-refractivity contribution in [2.45, 2.75) is 25.8 Å². The van der Waals surface area contributed by atoms with Gasteiger partial charge >= 0.3 is 0 Å². The van der Waals surface area contributed by atoms with Crippen LogP contribution in [0.5, 0.6) is 0 Å². The third-order valence-corrected chi connectivity index (χ3v) is 4.04. The third kappa shape index (κ3) is 2.99. The number of carbonyl (C=O) groups is 1. The van der Waals surface area contributed by atoms with Crippen molar-refractivity contribution < 1.29 is 4.79 Å². The molecule has 7 nitrogen and oxygen atoms in total. The summed E-state index contributed by atoms with van der Waals surface area (Å²) in [7, 11) is 2.12. The molecule has 1 aliphatic rings. The minimum absolute atomic E-state index is 0.0534. The van der Waals surface area contributed by atoms with Gasteiger partial charge in [0.2, 0.25) is 5.95 Å². The molecule has 0 bridgehead atoms. The number of pyridine rings is 1. The van der Waals surface area contributed by atoms with Crippen LogP contribution in [0.1, 0.15) is 30.1 Å². The first-order chi connectivity index (χ1) is 10.5. The van der Waals surface area contributed by atoms with Crippen molar-refractivity contribution in [3.05, 3.63) is 17.8 Å². The number of likely N-dealkylation sites (tertiary alicyclic amines) is 1. The fourth-order valence-corrected chi connectivity index (χ4v) is 2.63. The van der Waals surface area contributed by atoms with Gasteiger partial charge in [-0.25, -0.2) is 4.98 Å². The van der Waals surface area contributed by atoms with E-state index in [2.05, 4.69) is 32.2 Å². The zero-order chi connectivity index (χ0) is 15.7. The summed E-state index contributed by atoms with van der Waals surface area (Å²) in [5.41, 5.74) is 7.02. The van der Waals surface area contributed by atoms with Crippen molar-refractivity contribution >= 4 is 28.6 Å². The Labute approximate surface area is 128 Å². The molecule has 3 rings (SSSR count). The Morgan fingerprint density at radius 1 is 1.36 bits per heavy atom. The van der Waals surface area contributed by atoms with Gasteiger partial charge < -0.3 is 16.0 Å². The van der Waals surface area contributed by atoms with Crippen LogP contribution in [0.3, 0.4) is 0 Å². The smallest absolute Gasteiger partial charge is 0.226 e. The number of aromatic nitrogens is 3. The lowest BCUT2D eigenvalue weighted by molar-refractivity contribution is 0.101. The lowest BCUT2D eigenvalue weighted by Gasteiger charge is -2.29. The third-order valence-electron chi connectivity index (χ3n) is 4.04. The standard InChI is InChI=1S/C15H20N6O/c1-9(22)10-7-12-13(16)19-15(20-14(12)17-8-10)18-11-3-5-21(2)6-4-11/h7-8,11H,3-6H2,1-2H3,(H3,16,17,18,19,20). The Bertz CT molecular complexity index is 708. The fraction of sp³-hybridized carbons (Fsp3) is 0.467. The maximum Gasteiger partial charge on any atom is 0.226 e. The van der Waals surface area contributed by atoms with Crippen molar-refractivity contribution in [3.63, 3.8) is 0 Å². The van der Waals surface area contributed by atoms with Crippen LogP contribution in [0.2, 0.25) is 0 Å². The minimum Gasteiger partial charge on any atom is -0.383 e. The van der Waals surface area contributed by atoms with Gasteiger partial charge in [-0.05, 0) is 46.0 Å². The molecule has 3 heterocycles. The summed E-state index contributed by atoms with van der Waals surface area (Å²) < 4.78 is 0. The number of anilines is 2. The zero-order valence-corrected chi connectivity index (χ0v) is 12.8. The summed E-state index contributed by atoms with van der Waals surface area (Å²) in [4.78, 5) is 26.7. The number of ketones is 1. The molecule has 0 aromatic carbocycles. The second-order valence-corrected chi connectivity index (χ2v) is 5.81. The average molecular weight is 300 g/mol. The van der Waals surface area contributed by atoms with E-state index in [0.29, 0.717) is 34.4 Å². The van der Waals surface area contributed by atoms with Crippen molar-refractivity contribution in [2.75, 3.05) is 31.2 Å². The number of nitrogens with two attached hydrogens (primary N) is 1. The summed E-state index contributed by atoms with van der Waals surface area (Å²) in [6.07, 6.45) is 3.62. The van der Waals surface area contributed by atoms with Crippen LogP contribution in [0.15, 0.2) is 12.3 Å². The first-order valence-electron chi connectivity index (χ1n) is 7.42. The van der Waals surface area contributed by atoms with Crippen molar-refractivity contribution in [1.82, 2.24) is 19.9 Å². The molecule has 0 atom stereocenters. The monoisotopic (exact) mass is 300 g/mol. The largest absolute Gasteiger partial charge is 0.383 e. The molecule has 7 heteroatoms. The molecule has 0 unspecified atom stereocenters. The SMILES string of the molecule is CC(=O)c1cnc2nc(NC3CCN(C)CC3)nc(N)c2c1. The minimum atomic E-state index is -0.0534. The molecule has 1 aliphatic heterocycles. The summed E-state index contributed by atoms with van der Waals surface area (Å²) in [6.45, 7) is 3.61. The highest BCUT2D eigenvalue weighted by Crippen LogP contribution is 2.21. The van der Waals surface area contributed by atoms with Gasteiger partial charge in [0.15, 0.2) is 11.4 Å². The quantitative estimate of drug-likeness (QED) is 0.825. The van der Waals surface area contributed by atoms with Crippen LogP contribution in [-0.2, 0) is 0 Å². The van der Waals surface area contributed by atoms with E-state index in [4.69, 9.17) is 5.73 Å². The highest BCUT2D eigenvalue weighted by molar-refractivity contribution is 5.98. The topological polar surface area (TPSA) is 97.0 Å². The second-order valence-electron chi connectivity index (χ2n) is 5.81. The second kappa shape index (κ2) is 5.84. The van der Waals surface area contributed by atoms with Gasteiger partial charge in [0.25, 0.3) is 0 Å². The van der Waals surface area contributed by atoms with Crippen molar-refractivity contribution in [3.8, 4) is 0 Å². The van der Waals surface area contributed by atoms with E-state index in [1.807, 2.05) is 0 Å². The van der Waals surface area contributed by atoms with E-state index in [0.717, 1.165) is 25.9 Å². The Hall–Kier alpha value is -2.28. The molecule has 0 amide bonds. The zero-order valence-electron chi connectivity index (χ0n) is 12.8. The van der Waals surface area contributed by atoms with Gasteiger partial charge in [-0.1, -0.05) is 0 Å². The molecule has 22 heavy (non-hydrogen) atoms. The molecular weight excluding hydrogens is 280 g/mol. The molecule has 0 radical (unpaired) electrons. The Balaban J connectivity index is 1.86. The number of carbonyl (C=O) groups excluding carboxylic acids is 1. The molecule has 2 aromatic heterocycles. The first kappa shape index (κ1) is 14.6. The lowest BCUT2D eigenvalue weighted by atomic mass is 10.1. The van der Waals surface area contributed by atoms with Crippen LogP contribution < -0.4 is 11.1 Å². The predicted octanol–water partition coefficient (Wildman–Crippen LogP) is 1.32. The van der Waals surface area contributed by atoms with Gasteiger partial charge in [-0.15, -0.1) is 0 Å². The number of piperidine rings is 1. The summed E-state index contributed by atoms with van der Waals surface area (Å²) in [5.74, 6) is 0.793. The fourth-order valence-electron chi connectivity index (χ4n) is 2.63. The first-order valence-corrected chi connectivity index (χ1v) is 7.42. The molecule has 116 valence electrons. The van der Waals surface area contributed by atoms with Crippen LogP contribution in [0, 0.1) is 0 Å². The maximum atomic E-state index is 11.4. The van der Waals surface area contributed by atoms with Crippen LogP contribution in [-0.4, -0.2) is 51.8 Å². The Morgan fingerprint density at radius 2 is 2.09 bits per heavy atom. The number of nitrogens with one attached hydrogen (secondary N) is 1. The molecule has 0 aliphatic carbocycles. The summed E-state index contributed by atoms with van der Waals surface area (Å²) in [5, 5.41) is 3.95. The highest BCUT2D eigenvalue weighted by atomic mass is 16.1. The Kier molecular flexibility index (Phi) is 3.89. The van der Waals surface area contributed by atoms with E-state index in [1.54, 1.807) is 6.07 Å². The molecule has 1 fully saturated rings. The molecule has 3 N–H and O–H groups in total. The number of rotatable bonds is 3. The molecule has 2 aromatic rings. The van der Waals surface area contributed by atoms with E-state index < -0.39 is 0 Å².